The van der Waals surface area contributed by atoms with Crippen LogP contribution >= 0.6 is 15.9 Å². The molecular formula is C12H14BrN3O2S. The summed E-state index contributed by atoms with van der Waals surface area (Å²) in [5, 5.41) is 0.0777. The number of hydrogen-bond donors (Lipinski definition) is 2. The fraction of sp³-hybridized carbons (Fsp3) is 0.250. The van der Waals surface area contributed by atoms with Crippen LogP contribution in [0.15, 0.2) is 40.0 Å². The number of H-pyrrole nitrogens is 1. The number of hydrogen-bond acceptors (Lipinski definition) is 3. The van der Waals surface area contributed by atoms with E-state index < -0.39 is 10.0 Å². The van der Waals surface area contributed by atoms with Crippen molar-refractivity contribution >= 4 is 26.0 Å². The zero-order valence-electron chi connectivity index (χ0n) is 10.5. The fourth-order valence-corrected chi connectivity index (χ4v) is 3.12. The van der Waals surface area contributed by atoms with Crippen LogP contribution in [0.2, 0.25) is 0 Å². The van der Waals surface area contributed by atoms with Crippen molar-refractivity contribution in [2.75, 3.05) is 0 Å². The highest BCUT2D eigenvalue weighted by Crippen LogP contribution is 2.18. The van der Waals surface area contributed by atoms with Gasteiger partial charge in [-0.05, 0) is 31.5 Å². The van der Waals surface area contributed by atoms with E-state index in [0.29, 0.717) is 5.82 Å². The summed E-state index contributed by atoms with van der Waals surface area (Å²) in [4.78, 5) is 6.61. The predicted octanol–water partition coefficient (Wildman–Crippen LogP) is 2.52. The molecule has 5 nitrogen and oxygen atoms in total. The lowest BCUT2D eigenvalue weighted by atomic mass is 10.1. The quantitative estimate of drug-likeness (QED) is 0.895. The van der Waals surface area contributed by atoms with Crippen molar-refractivity contribution in [1.29, 1.82) is 0 Å². The summed E-state index contributed by atoms with van der Waals surface area (Å²) in [6, 6.07) is 7.17. The molecule has 1 atom stereocenters. The number of aromatic nitrogens is 2. The number of rotatable bonds is 4. The molecule has 0 spiro atoms. The molecule has 0 bridgehead atoms. The summed E-state index contributed by atoms with van der Waals surface area (Å²) in [6.07, 6.45) is 1.31. The fourth-order valence-electron chi connectivity index (χ4n) is 1.65. The summed E-state index contributed by atoms with van der Waals surface area (Å²) in [5.74, 6) is 0.566. The third kappa shape index (κ3) is 3.43. The molecule has 0 amide bonds. The summed E-state index contributed by atoms with van der Waals surface area (Å²) in [5.41, 5.74) is 0.892. The Balaban J connectivity index is 2.18. The summed E-state index contributed by atoms with van der Waals surface area (Å²) < 4.78 is 27.8. The molecule has 2 aromatic rings. The summed E-state index contributed by atoms with van der Waals surface area (Å²) in [6.45, 7) is 3.50. The van der Waals surface area contributed by atoms with Gasteiger partial charge in [-0.2, -0.15) is 0 Å². The Morgan fingerprint density at radius 1 is 1.32 bits per heavy atom. The molecule has 0 saturated heterocycles. The van der Waals surface area contributed by atoms with Crippen molar-refractivity contribution in [3.8, 4) is 0 Å². The van der Waals surface area contributed by atoms with E-state index in [2.05, 4.69) is 30.6 Å². The second kappa shape index (κ2) is 5.44. The van der Waals surface area contributed by atoms with Gasteiger partial charge in [-0.15, -0.1) is 0 Å². The van der Waals surface area contributed by atoms with Gasteiger partial charge in [0.2, 0.25) is 0 Å². The van der Waals surface area contributed by atoms with Crippen molar-refractivity contribution < 1.29 is 8.42 Å². The van der Waals surface area contributed by atoms with E-state index in [0.717, 1.165) is 10.0 Å². The molecule has 2 rings (SSSR count). The molecule has 0 aliphatic rings. The normalized spacial score (nSPS) is 13.4. The van der Waals surface area contributed by atoms with Gasteiger partial charge >= 0.3 is 0 Å². The minimum absolute atomic E-state index is 0.0777. The average molecular weight is 344 g/mol. The van der Waals surface area contributed by atoms with Gasteiger partial charge in [0, 0.05) is 10.5 Å². The molecular weight excluding hydrogens is 330 g/mol. The summed E-state index contributed by atoms with van der Waals surface area (Å²) in [7, 11) is -3.58. The maximum atomic E-state index is 12.1. The second-order valence-electron chi connectivity index (χ2n) is 4.23. The lowest BCUT2D eigenvalue weighted by Gasteiger charge is -2.13. The molecule has 1 heterocycles. The second-order valence-corrected chi connectivity index (χ2v) is 6.83. The van der Waals surface area contributed by atoms with Gasteiger partial charge in [-0.1, -0.05) is 28.1 Å². The third-order valence-electron chi connectivity index (χ3n) is 2.67. The van der Waals surface area contributed by atoms with Gasteiger partial charge in [0.05, 0.1) is 6.20 Å². The van der Waals surface area contributed by atoms with Crippen molar-refractivity contribution in [1.82, 2.24) is 14.7 Å². The first-order chi connectivity index (χ1) is 8.88. The average Bonchev–Trinajstić information content (AvgIpc) is 2.77. The van der Waals surface area contributed by atoms with Crippen LogP contribution in [0.4, 0.5) is 0 Å². The maximum absolute atomic E-state index is 12.1. The zero-order valence-corrected chi connectivity index (χ0v) is 12.9. The standard InChI is InChI=1S/C12H14BrN3O2S/c1-8(10-3-5-11(13)6-4-10)16-19(17,18)12-7-14-9(2)15-12/h3-8,16H,1-2H3,(H,14,15)/t8-/m0/s1. The van der Waals surface area contributed by atoms with E-state index in [-0.39, 0.29) is 11.1 Å². The van der Waals surface area contributed by atoms with E-state index >= 15 is 0 Å². The molecule has 1 aromatic heterocycles. The Kier molecular flexibility index (Phi) is 4.07. The number of halogens is 1. The number of benzene rings is 1. The molecule has 0 radical (unpaired) electrons. The molecule has 0 aliphatic carbocycles. The molecule has 19 heavy (non-hydrogen) atoms. The number of sulfonamides is 1. The Hall–Kier alpha value is -1.18. The molecule has 1 aromatic carbocycles. The van der Waals surface area contributed by atoms with Gasteiger partial charge in [0.25, 0.3) is 10.0 Å². The monoisotopic (exact) mass is 343 g/mol. The maximum Gasteiger partial charge on any atom is 0.258 e. The van der Waals surface area contributed by atoms with Crippen molar-refractivity contribution in [3.05, 3.63) is 46.3 Å². The van der Waals surface area contributed by atoms with E-state index in [1.165, 1.54) is 6.20 Å². The molecule has 7 heteroatoms. The highest BCUT2D eigenvalue weighted by atomic mass is 79.9. The van der Waals surface area contributed by atoms with E-state index in [1.807, 2.05) is 24.3 Å². The smallest absolute Gasteiger partial charge is 0.258 e. The minimum Gasteiger partial charge on any atom is -0.332 e. The van der Waals surface area contributed by atoms with E-state index in [9.17, 15) is 8.42 Å². The van der Waals surface area contributed by atoms with E-state index in [4.69, 9.17) is 0 Å². The van der Waals surface area contributed by atoms with Gasteiger partial charge < -0.3 is 4.98 Å². The van der Waals surface area contributed by atoms with Gasteiger partial charge in [-0.25, -0.2) is 18.1 Å². The lowest BCUT2D eigenvalue weighted by molar-refractivity contribution is 0.563. The first-order valence-corrected chi connectivity index (χ1v) is 7.95. The molecule has 0 unspecified atom stereocenters. The molecule has 102 valence electrons. The van der Waals surface area contributed by atoms with Gasteiger partial charge in [0.15, 0.2) is 5.03 Å². The Bertz CT molecular complexity index is 665. The molecule has 0 aliphatic heterocycles. The SMILES string of the molecule is Cc1ncc(S(=O)(=O)N[C@@H](C)c2ccc(Br)cc2)[nH]1. The number of nitrogens with one attached hydrogen (secondary N) is 2. The van der Waals surface area contributed by atoms with Crippen LogP contribution < -0.4 is 4.72 Å². The van der Waals surface area contributed by atoms with Crippen LogP contribution in [-0.2, 0) is 10.0 Å². The highest BCUT2D eigenvalue weighted by Gasteiger charge is 2.20. The highest BCUT2D eigenvalue weighted by molar-refractivity contribution is 9.10. The lowest BCUT2D eigenvalue weighted by Crippen LogP contribution is -2.27. The minimum atomic E-state index is -3.58. The Morgan fingerprint density at radius 3 is 2.47 bits per heavy atom. The van der Waals surface area contributed by atoms with Crippen LogP contribution in [0.5, 0.6) is 0 Å². The van der Waals surface area contributed by atoms with E-state index in [1.54, 1.807) is 13.8 Å². The largest absolute Gasteiger partial charge is 0.332 e. The van der Waals surface area contributed by atoms with Crippen LogP contribution in [-0.4, -0.2) is 18.4 Å². The molecule has 0 fully saturated rings. The van der Waals surface area contributed by atoms with Crippen LogP contribution in [0.3, 0.4) is 0 Å². The zero-order chi connectivity index (χ0) is 14.0. The topological polar surface area (TPSA) is 74.8 Å². The van der Waals surface area contributed by atoms with Crippen LogP contribution in [0.1, 0.15) is 24.4 Å². The van der Waals surface area contributed by atoms with Crippen molar-refractivity contribution in [2.45, 2.75) is 24.9 Å². The number of aryl methyl sites for hydroxylation is 1. The number of aromatic amines is 1. The predicted molar refractivity (Wildman–Crippen MR) is 76.2 cm³/mol. The Morgan fingerprint density at radius 2 is 1.95 bits per heavy atom. The number of nitrogens with zero attached hydrogens (tertiary/aromatic N) is 1. The Labute approximate surface area is 120 Å². The first-order valence-electron chi connectivity index (χ1n) is 5.68. The third-order valence-corrected chi connectivity index (χ3v) is 4.65. The van der Waals surface area contributed by atoms with Crippen molar-refractivity contribution in [2.24, 2.45) is 0 Å². The van der Waals surface area contributed by atoms with Gasteiger partial charge in [0.1, 0.15) is 5.82 Å². The summed E-state index contributed by atoms with van der Waals surface area (Å²) >= 11 is 3.34. The first kappa shape index (κ1) is 14.2. The molecule has 0 saturated carbocycles. The number of imidazole rings is 1. The van der Waals surface area contributed by atoms with Crippen molar-refractivity contribution in [3.63, 3.8) is 0 Å². The van der Waals surface area contributed by atoms with Crippen LogP contribution in [0, 0.1) is 6.92 Å². The molecule has 2 N–H and O–H groups in total. The van der Waals surface area contributed by atoms with Gasteiger partial charge in [-0.3, -0.25) is 0 Å². The van der Waals surface area contributed by atoms with Crippen LogP contribution in [0.25, 0.3) is 0 Å².